The smallest absolute Gasteiger partial charge is 0.303 e. The van der Waals surface area contributed by atoms with E-state index in [-0.39, 0.29) is 18.6 Å². The fraction of sp³-hybridized carbons (Fsp3) is 0.385. The van der Waals surface area contributed by atoms with Crippen LogP contribution >= 0.6 is 0 Å². The number of carbonyl (C=O) groups is 2. The Balaban J connectivity index is 3.01. The van der Waals surface area contributed by atoms with Crippen molar-refractivity contribution in [3.8, 4) is 11.5 Å². The van der Waals surface area contributed by atoms with Crippen LogP contribution in [0.4, 0.5) is 0 Å². The summed E-state index contributed by atoms with van der Waals surface area (Å²) >= 11 is 0. The summed E-state index contributed by atoms with van der Waals surface area (Å²) in [7, 11) is 3.00. The fourth-order valence-electron chi connectivity index (χ4n) is 1.64. The van der Waals surface area contributed by atoms with Gasteiger partial charge in [0.2, 0.25) is 0 Å². The molecule has 0 heterocycles. The second-order valence-corrected chi connectivity index (χ2v) is 3.84. The second kappa shape index (κ2) is 6.05. The van der Waals surface area contributed by atoms with Crippen LogP contribution in [0.2, 0.25) is 0 Å². The monoisotopic (exact) mass is 252 g/mol. The number of Topliss-reactive ketones (excluding diaryl/α,β-unsaturated/α-hetero) is 1. The Morgan fingerprint density at radius 1 is 1.11 bits per heavy atom. The Bertz CT molecular complexity index is 465. The molecule has 0 saturated carbocycles. The lowest BCUT2D eigenvalue weighted by Crippen LogP contribution is -2.06. The molecule has 0 amide bonds. The lowest BCUT2D eigenvalue weighted by Gasteiger charge is -2.11. The molecule has 1 aromatic rings. The summed E-state index contributed by atoms with van der Waals surface area (Å²) in [6.07, 6.45) is -0.196. The molecule has 0 unspecified atom stereocenters. The van der Waals surface area contributed by atoms with E-state index >= 15 is 0 Å². The van der Waals surface area contributed by atoms with Crippen LogP contribution in [-0.4, -0.2) is 31.1 Å². The normalized spacial score (nSPS) is 9.94. The molecule has 0 fully saturated rings. The molecule has 1 N–H and O–H groups in total. The Morgan fingerprint density at radius 2 is 1.67 bits per heavy atom. The molecule has 0 aliphatic heterocycles. The van der Waals surface area contributed by atoms with Crippen LogP contribution in [0.5, 0.6) is 11.5 Å². The third kappa shape index (κ3) is 3.23. The Morgan fingerprint density at radius 3 is 2.17 bits per heavy atom. The number of carboxylic acids is 1. The molecular weight excluding hydrogens is 236 g/mol. The van der Waals surface area contributed by atoms with Gasteiger partial charge >= 0.3 is 5.97 Å². The first kappa shape index (κ1) is 14.0. The summed E-state index contributed by atoms with van der Waals surface area (Å²) < 4.78 is 10.2. The predicted molar refractivity (Wildman–Crippen MR) is 65.5 cm³/mol. The highest BCUT2D eigenvalue weighted by Crippen LogP contribution is 2.30. The van der Waals surface area contributed by atoms with E-state index in [1.807, 2.05) is 0 Å². The summed E-state index contributed by atoms with van der Waals surface area (Å²) in [5, 5.41) is 8.56. The third-order valence-electron chi connectivity index (χ3n) is 2.60. The number of hydrogen-bond acceptors (Lipinski definition) is 4. The molecule has 1 aromatic carbocycles. The van der Waals surface area contributed by atoms with Crippen molar-refractivity contribution in [1.82, 2.24) is 0 Å². The maximum Gasteiger partial charge on any atom is 0.303 e. The highest BCUT2D eigenvalue weighted by atomic mass is 16.5. The zero-order valence-corrected chi connectivity index (χ0v) is 10.6. The van der Waals surface area contributed by atoms with Crippen molar-refractivity contribution < 1.29 is 24.2 Å². The number of ketones is 1. The molecule has 5 heteroatoms. The van der Waals surface area contributed by atoms with Crippen LogP contribution in [0.1, 0.15) is 28.8 Å². The molecule has 0 radical (unpaired) electrons. The molecule has 0 spiro atoms. The van der Waals surface area contributed by atoms with Gasteiger partial charge in [-0.15, -0.1) is 0 Å². The topological polar surface area (TPSA) is 72.8 Å². The van der Waals surface area contributed by atoms with Crippen molar-refractivity contribution in [1.29, 1.82) is 0 Å². The fourth-order valence-corrected chi connectivity index (χ4v) is 1.64. The van der Waals surface area contributed by atoms with Gasteiger partial charge in [0, 0.05) is 12.0 Å². The lowest BCUT2D eigenvalue weighted by molar-refractivity contribution is -0.136. The van der Waals surface area contributed by atoms with Crippen LogP contribution in [0.3, 0.4) is 0 Å². The summed E-state index contributed by atoms with van der Waals surface area (Å²) in [4.78, 5) is 22.3. The Labute approximate surface area is 105 Å². The van der Waals surface area contributed by atoms with Crippen molar-refractivity contribution >= 4 is 11.8 Å². The van der Waals surface area contributed by atoms with Crippen molar-refractivity contribution in [2.75, 3.05) is 14.2 Å². The summed E-state index contributed by atoms with van der Waals surface area (Å²) in [6.45, 7) is 1.77. The largest absolute Gasteiger partial charge is 0.493 e. The third-order valence-corrected chi connectivity index (χ3v) is 2.60. The Hall–Kier alpha value is -2.04. The number of rotatable bonds is 6. The van der Waals surface area contributed by atoms with Crippen molar-refractivity contribution in [2.24, 2.45) is 0 Å². The average molecular weight is 252 g/mol. The molecule has 0 bridgehead atoms. The van der Waals surface area contributed by atoms with Crippen LogP contribution in [0.15, 0.2) is 12.1 Å². The van der Waals surface area contributed by atoms with Gasteiger partial charge in [-0.05, 0) is 24.6 Å². The Kier molecular flexibility index (Phi) is 4.71. The van der Waals surface area contributed by atoms with Crippen LogP contribution in [0, 0.1) is 6.92 Å². The van der Waals surface area contributed by atoms with E-state index < -0.39 is 5.97 Å². The minimum atomic E-state index is -0.985. The van der Waals surface area contributed by atoms with Crippen LogP contribution < -0.4 is 9.47 Å². The lowest BCUT2D eigenvalue weighted by atomic mass is 10.0. The van der Waals surface area contributed by atoms with E-state index in [4.69, 9.17) is 14.6 Å². The SMILES string of the molecule is COc1cc(C)c(C(=O)CCC(=O)O)cc1OC. The van der Waals surface area contributed by atoms with Gasteiger partial charge in [0.05, 0.1) is 20.6 Å². The first-order chi connectivity index (χ1) is 8.49. The standard InChI is InChI=1S/C13H16O5/c1-8-6-11(17-2)12(18-3)7-9(8)10(14)4-5-13(15)16/h6-7H,4-5H2,1-3H3,(H,15,16). The molecular formula is C13H16O5. The van der Waals surface area contributed by atoms with E-state index in [9.17, 15) is 9.59 Å². The van der Waals surface area contributed by atoms with Crippen LogP contribution in [-0.2, 0) is 4.79 Å². The predicted octanol–water partition coefficient (Wildman–Crippen LogP) is 2.06. The van der Waals surface area contributed by atoms with E-state index in [1.165, 1.54) is 14.2 Å². The van der Waals surface area contributed by atoms with Gasteiger partial charge in [0.25, 0.3) is 0 Å². The summed E-state index contributed by atoms with van der Waals surface area (Å²) in [6, 6.07) is 3.28. The number of aryl methyl sites for hydroxylation is 1. The molecule has 98 valence electrons. The molecule has 0 aliphatic carbocycles. The minimum Gasteiger partial charge on any atom is -0.493 e. The number of aliphatic carboxylic acids is 1. The van der Waals surface area contributed by atoms with Gasteiger partial charge < -0.3 is 14.6 Å². The maximum atomic E-state index is 11.9. The molecule has 5 nitrogen and oxygen atoms in total. The number of ether oxygens (including phenoxy) is 2. The maximum absolute atomic E-state index is 11.9. The first-order valence-corrected chi connectivity index (χ1v) is 5.47. The number of benzene rings is 1. The van der Waals surface area contributed by atoms with E-state index in [1.54, 1.807) is 19.1 Å². The molecule has 0 aliphatic rings. The molecule has 0 atom stereocenters. The van der Waals surface area contributed by atoms with E-state index in [2.05, 4.69) is 0 Å². The highest BCUT2D eigenvalue weighted by molar-refractivity contribution is 5.99. The number of methoxy groups -OCH3 is 2. The molecule has 18 heavy (non-hydrogen) atoms. The number of carboxylic acid groups (broad SMARTS) is 1. The highest BCUT2D eigenvalue weighted by Gasteiger charge is 2.15. The van der Waals surface area contributed by atoms with Crippen molar-refractivity contribution in [2.45, 2.75) is 19.8 Å². The summed E-state index contributed by atoms with van der Waals surface area (Å²) in [5.41, 5.74) is 1.21. The summed E-state index contributed by atoms with van der Waals surface area (Å²) in [5.74, 6) is -0.191. The van der Waals surface area contributed by atoms with E-state index in [0.717, 1.165) is 5.56 Å². The number of carbonyl (C=O) groups excluding carboxylic acids is 1. The van der Waals surface area contributed by atoms with Gasteiger partial charge in [-0.3, -0.25) is 9.59 Å². The van der Waals surface area contributed by atoms with Gasteiger partial charge in [-0.1, -0.05) is 0 Å². The van der Waals surface area contributed by atoms with Gasteiger partial charge in [0.15, 0.2) is 17.3 Å². The molecule has 0 saturated heterocycles. The number of hydrogen-bond donors (Lipinski definition) is 1. The van der Waals surface area contributed by atoms with Crippen LogP contribution in [0.25, 0.3) is 0 Å². The quantitative estimate of drug-likeness (QED) is 0.784. The van der Waals surface area contributed by atoms with Gasteiger partial charge in [-0.2, -0.15) is 0 Å². The average Bonchev–Trinajstić information content (AvgIpc) is 2.35. The second-order valence-electron chi connectivity index (χ2n) is 3.84. The van der Waals surface area contributed by atoms with Gasteiger partial charge in [0.1, 0.15) is 0 Å². The van der Waals surface area contributed by atoms with E-state index in [0.29, 0.717) is 17.1 Å². The minimum absolute atomic E-state index is 0.0222. The zero-order valence-electron chi connectivity index (χ0n) is 10.6. The van der Waals surface area contributed by atoms with Crippen molar-refractivity contribution in [3.05, 3.63) is 23.3 Å². The first-order valence-electron chi connectivity index (χ1n) is 5.47. The van der Waals surface area contributed by atoms with Gasteiger partial charge in [-0.25, -0.2) is 0 Å². The zero-order chi connectivity index (χ0) is 13.7. The molecule has 1 rings (SSSR count). The molecule has 0 aromatic heterocycles. The van der Waals surface area contributed by atoms with Crippen molar-refractivity contribution in [3.63, 3.8) is 0 Å².